The van der Waals surface area contributed by atoms with E-state index in [1.165, 1.54) is 8.61 Å². The summed E-state index contributed by atoms with van der Waals surface area (Å²) >= 11 is 0. The third kappa shape index (κ3) is 3.58. The number of anilines is 2. The van der Waals surface area contributed by atoms with E-state index in [1.807, 2.05) is 12.1 Å². The van der Waals surface area contributed by atoms with Crippen molar-refractivity contribution in [2.45, 2.75) is 25.8 Å². The van der Waals surface area contributed by atoms with E-state index in [4.69, 9.17) is 14.7 Å². The van der Waals surface area contributed by atoms with E-state index in [2.05, 4.69) is 22.9 Å². The zero-order chi connectivity index (χ0) is 21.6. The number of ether oxygens (including phenoxy) is 1. The monoisotopic (exact) mass is 442 g/mol. The zero-order valence-electron chi connectivity index (χ0n) is 17.7. The van der Waals surface area contributed by atoms with Crippen molar-refractivity contribution in [3.8, 4) is 11.4 Å². The van der Waals surface area contributed by atoms with Crippen LogP contribution in [0, 0.1) is 0 Å². The van der Waals surface area contributed by atoms with Crippen LogP contribution < -0.4 is 9.21 Å². The fourth-order valence-electron chi connectivity index (χ4n) is 4.30. The number of fused-ring (bicyclic) bond motifs is 1. The summed E-state index contributed by atoms with van der Waals surface area (Å²) in [6.07, 6.45) is 7.39. The molecule has 2 saturated heterocycles. The molecule has 2 aromatic heterocycles. The lowest BCUT2D eigenvalue weighted by molar-refractivity contribution is 0.0985. The molecule has 31 heavy (non-hydrogen) atoms. The SMILES string of the molecule is C[C@@H]1COCCN1c1cc(N2CCCN(C)S2(=O)=O)nc(-c2ccnc3c2C=CC3)n1. The minimum Gasteiger partial charge on any atom is -0.377 e. The summed E-state index contributed by atoms with van der Waals surface area (Å²) in [4.78, 5) is 16.2. The molecule has 2 aromatic rings. The molecule has 2 aliphatic heterocycles. The molecule has 1 aliphatic carbocycles. The van der Waals surface area contributed by atoms with Gasteiger partial charge in [0.2, 0.25) is 0 Å². The molecule has 0 N–H and O–H groups in total. The van der Waals surface area contributed by atoms with E-state index in [0.717, 1.165) is 29.7 Å². The predicted octanol–water partition coefficient (Wildman–Crippen LogP) is 1.72. The normalized spacial score (nSPS) is 23.2. The predicted molar refractivity (Wildman–Crippen MR) is 119 cm³/mol. The number of nitrogens with zero attached hydrogens (tertiary/aromatic N) is 6. The van der Waals surface area contributed by atoms with Crippen LogP contribution in [0.15, 0.2) is 24.4 Å². The molecule has 164 valence electrons. The van der Waals surface area contributed by atoms with Crippen molar-refractivity contribution in [2.75, 3.05) is 49.1 Å². The van der Waals surface area contributed by atoms with Gasteiger partial charge in [0.05, 0.1) is 24.9 Å². The summed E-state index contributed by atoms with van der Waals surface area (Å²) in [7, 11) is -2.01. The van der Waals surface area contributed by atoms with Crippen LogP contribution in [0.4, 0.5) is 11.6 Å². The van der Waals surface area contributed by atoms with Crippen LogP contribution in [0.3, 0.4) is 0 Å². The Morgan fingerprint density at radius 1 is 1.16 bits per heavy atom. The Labute approximate surface area is 182 Å². The zero-order valence-corrected chi connectivity index (χ0v) is 18.5. The second-order valence-electron chi connectivity index (χ2n) is 8.11. The van der Waals surface area contributed by atoms with Crippen LogP contribution in [-0.2, 0) is 21.4 Å². The van der Waals surface area contributed by atoms with Crippen molar-refractivity contribution in [2.24, 2.45) is 0 Å². The lowest BCUT2D eigenvalue weighted by atomic mass is 10.1. The number of morpholine rings is 1. The Bertz CT molecular complexity index is 1140. The Morgan fingerprint density at radius 3 is 2.84 bits per heavy atom. The Kier molecular flexibility index (Phi) is 5.15. The largest absolute Gasteiger partial charge is 0.377 e. The highest BCUT2D eigenvalue weighted by Gasteiger charge is 2.33. The first-order valence-corrected chi connectivity index (χ1v) is 12.0. The number of hydrogen-bond donors (Lipinski definition) is 0. The lowest BCUT2D eigenvalue weighted by Gasteiger charge is -2.36. The van der Waals surface area contributed by atoms with Crippen LogP contribution in [-0.4, -0.2) is 73.6 Å². The number of pyridine rings is 1. The molecule has 3 aliphatic rings. The highest BCUT2D eigenvalue weighted by molar-refractivity contribution is 7.90. The number of allylic oxidation sites excluding steroid dienone is 1. The molecule has 0 unspecified atom stereocenters. The van der Waals surface area contributed by atoms with Gasteiger partial charge < -0.3 is 9.64 Å². The van der Waals surface area contributed by atoms with Crippen molar-refractivity contribution in [3.05, 3.63) is 35.7 Å². The molecule has 0 aromatic carbocycles. The third-order valence-corrected chi connectivity index (χ3v) is 7.93. The summed E-state index contributed by atoms with van der Waals surface area (Å²) < 4.78 is 34.4. The van der Waals surface area contributed by atoms with E-state index in [0.29, 0.717) is 50.3 Å². The van der Waals surface area contributed by atoms with Crippen LogP contribution in [0.25, 0.3) is 17.5 Å². The number of hydrogen-bond acceptors (Lipinski definition) is 7. The standard InChI is InChI=1S/C21H26N6O3S/c1-15-14-30-12-11-26(15)19-13-20(27-10-4-9-25(2)31(27,28)29)24-21(23-19)17-7-8-22-18-6-3-5-16(17)18/h3,5,7-8,13,15H,4,6,9-12,14H2,1-2H3/t15-/m1/s1. The number of aromatic nitrogens is 3. The third-order valence-electron chi connectivity index (χ3n) is 6.03. The minimum atomic E-state index is -3.62. The molecule has 10 heteroatoms. The van der Waals surface area contributed by atoms with E-state index < -0.39 is 10.2 Å². The van der Waals surface area contributed by atoms with Gasteiger partial charge in [-0.25, -0.2) is 14.3 Å². The van der Waals surface area contributed by atoms with Crippen molar-refractivity contribution >= 4 is 27.9 Å². The quantitative estimate of drug-likeness (QED) is 0.715. The first-order chi connectivity index (χ1) is 14.9. The van der Waals surface area contributed by atoms with Crippen molar-refractivity contribution in [1.82, 2.24) is 19.3 Å². The molecular formula is C21H26N6O3S. The summed E-state index contributed by atoms with van der Waals surface area (Å²) in [5, 5.41) is 0. The molecule has 5 rings (SSSR count). The van der Waals surface area contributed by atoms with Gasteiger partial charge >= 0.3 is 10.2 Å². The maximum absolute atomic E-state index is 13.0. The van der Waals surface area contributed by atoms with Crippen LogP contribution >= 0.6 is 0 Å². The van der Waals surface area contributed by atoms with Gasteiger partial charge in [0.15, 0.2) is 5.82 Å². The smallest absolute Gasteiger partial charge is 0.305 e. The first-order valence-electron chi connectivity index (χ1n) is 10.6. The summed E-state index contributed by atoms with van der Waals surface area (Å²) in [5.41, 5.74) is 2.85. The second-order valence-corrected chi connectivity index (χ2v) is 10.1. The highest BCUT2D eigenvalue weighted by Crippen LogP contribution is 2.33. The Balaban J connectivity index is 1.67. The van der Waals surface area contributed by atoms with Crippen LogP contribution in [0.5, 0.6) is 0 Å². The molecule has 9 nitrogen and oxygen atoms in total. The van der Waals surface area contributed by atoms with E-state index >= 15 is 0 Å². The van der Waals surface area contributed by atoms with Crippen LogP contribution in [0.2, 0.25) is 0 Å². The van der Waals surface area contributed by atoms with Gasteiger partial charge in [0.25, 0.3) is 0 Å². The first kappa shape index (κ1) is 20.3. The summed E-state index contributed by atoms with van der Waals surface area (Å²) in [6.45, 7) is 4.89. The molecule has 0 radical (unpaired) electrons. The topological polar surface area (TPSA) is 91.8 Å². The molecule has 1 atom stereocenters. The molecule has 0 bridgehead atoms. The van der Waals surface area contributed by atoms with Gasteiger partial charge in [-0.3, -0.25) is 4.98 Å². The summed E-state index contributed by atoms with van der Waals surface area (Å²) in [5.74, 6) is 1.63. The fraction of sp³-hybridized carbons (Fsp3) is 0.476. The van der Waals surface area contributed by atoms with E-state index in [1.54, 1.807) is 19.3 Å². The number of rotatable bonds is 3. The average Bonchev–Trinajstić information content (AvgIpc) is 3.24. The second kappa shape index (κ2) is 7.85. The molecule has 0 saturated carbocycles. The maximum Gasteiger partial charge on any atom is 0.305 e. The highest BCUT2D eigenvalue weighted by atomic mass is 32.2. The van der Waals surface area contributed by atoms with Gasteiger partial charge in [-0.2, -0.15) is 12.7 Å². The van der Waals surface area contributed by atoms with E-state index in [-0.39, 0.29) is 6.04 Å². The molecule has 0 amide bonds. The average molecular weight is 443 g/mol. The maximum atomic E-state index is 13.0. The van der Waals surface area contributed by atoms with Gasteiger partial charge in [-0.1, -0.05) is 12.2 Å². The van der Waals surface area contributed by atoms with Crippen molar-refractivity contribution < 1.29 is 13.2 Å². The van der Waals surface area contributed by atoms with Crippen molar-refractivity contribution in [3.63, 3.8) is 0 Å². The fourth-order valence-corrected chi connectivity index (χ4v) is 5.69. The summed E-state index contributed by atoms with van der Waals surface area (Å²) in [6, 6.07) is 3.82. The van der Waals surface area contributed by atoms with Gasteiger partial charge in [-0.15, -0.1) is 0 Å². The molecular weight excluding hydrogens is 416 g/mol. The molecule has 4 heterocycles. The Hall–Kier alpha value is -2.56. The molecule has 2 fully saturated rings. The van der Waals surface area contributed by atoms with E-state index in [9.17, 15) is 8.42 Å². The van der Waals surface area contributed by atoms with Crippen LogP contribution in [0.1, 0.15) is 24.6 Å². The van der Waals surface area contributed by atoms with Gasteiger partial charge in [0, 0.05) is 56.5 Å². The van der Waals surface area contributed by atoms with Gasteiger partial charge in [0.1, 0.15) is 11.6 Å². The Morgan fingerprint density at radius 2 is 2.00 bits per heavy atom. The van der Waals surface area contributed by atoms with Gasteiger partial charge in [-0.05, 0) is 19.4 Å². The lowest BCUT2D eigenvalue weighted by Crippen LogP contribution is -2.48. The minimum absolute atomic E-state index is 0.132. The molecule has 0 spiro atoms. The van der Waals surface area contributed by atoms with Crippen molar-refractivity contribution in [1.29, 1.82) is 0 Å².